The minimum absolute atomic E-state index is 0.0528. The number of benzene rings is 1. The van der Waals surface area contributed by atoms with Crippen LogP contribution in [0.2, 0.25) is 0 Å². The van der Waals surface area contributed by atoms with E-state index in [0.717, 1.165) is 0 Å². The molecule has 1 aromatic carbocycles. The van der Waals surface area contributed by atoms with E-state index in [1.54, 1.807) is 6.07 Å². The van der Waals surface area contributed by atoms with E-state index in [9.17, 15) is 9.90 Å². The normalized spacial score (nSPS) is 12.1. The quantitative estimate of drug-likeness (QED) is 0.598. The molecule has 1 aromatic rings. The Labute approximate surface area is 93.2 Å². The number of ether oxygens (including phenoxy) is 2. The van der Waals surface area contributed by atoms with Crippen molar-refractivity contribution in [2.45, 2.75) is 12.5 Å². The second-order valence-corrected chi connectivity index (χ2v) is 3.25. The summed E-state index contributed by atoms with van der Waals surface area (Å²) in [5, 5.41) is 18.5. The van der Waals surface area contributed by atoms with Crippen LogP contribution in [0.1, 0.15) is 18.1 Å². The van der Waals surface area contributed by atoms with Gasteiger partial charge in [0.15, 0.2) is 11.5 Å². The molecule has 2 N–H and O–H groups in total. The molecule has 0 spiro atoms. The van der Waals surface area contributed by atoms with Crippen LogP contribution in [0, 0.1) is 0 Å². The number of phenolic OH excluding ortho intramolecular Hbond substituents is 2. The van der Waals surface area contributed by atoms with Gasteiger partial charge in [-0.05, 0) is 17.7 Å². The molecular weight excluding hydrogens is 212 g/mol. The summed E-state index contributed by atoms with van der Waals surface area (Å²) in [6, 6.07) is 4.27. The molecule has 1 atom stereocenters. The van der Waals surface area contributed by atoms with Gasteiger partial charge in [-0.25, -0.2) is 0 Å². The van der Waals surface area contributed by atoms with Gasteiger partial charge in [-0.2, -0.15) is 0 Å². The number of hydrogen-bond donors (Lipinski definition) is 2. The number of esters is 1. The third kappa shape index (κ3) is 2.87. The van der Waals surface area contributed by atoms with Gasteiger partial charge >= 0.3 is 5.97 Å². The van der Waals surface area contributed by atoms with Crippen LogP contribution < -0.4 is 0 Å². The summed E-state index contributed by atoms with van der Waals surface area (Å²) in [4.78, 5) is 11.1. The van der Waals surface area contributed by atoms with E-state index in [2.05, 4.69) is 4.74 Å². The van der Waals surface area contributed by atoms with Gasteiger partial charge in [0.1, 0.15) is 0 Å². The first-order chi connectivity index (χ1) is 7.58. The Morgan fingerprint density at radius 1 is 1.31 bits per heavy atom. The van der Waals surface area contributed by atoms with Crippen LogP contribution in [-0.4, -0.2) is 30.4 Å². The lowest BCUT2D eigenvalue weighted by Crippen LogP contribution is -2.10. The Balaban J connectivity index is 2.86. The highest BCUT2D eigenvalue weighted by molar-refractivity contribution is 5.70. The van der Waals surface area contributed by atoms with Gasteiger partial charge < -0.3 is 19.7 Å². The fourth-order valence-corrected chi connectivity index (χ4v) is 1.31. The standard InChI is InChI=1S/C11H14O5/c1-15-10(6-11(14)16-2)7-3-4-8(12)9(13)5-7/h3-5,10,12-13H,6H2,1-2H3/t10-/m0/s1. The third-order valence-corrected chi connectivity index (χ3v) is 2.24. The number of rotatable bonds is 4. The maximum Gasteiger partial charge on any atom is 0.308 e. The first-order valence-electron chi connectivity index (χ1n) is 4.70. The summed E-state index contributed by atoms with van der Waals surface area (Å²) < 4.78 is 9.64. The molecule has 0 unspecified atom stereocenters. The van der Waals surface area contributed by atoms with Gasteiger partial charge in [0.2, 0.25) is 0 Å². The summed E-state index contributed by atoms with van der Waals surface area (Å²) in [6.07, 6.45) is -0.448. The van der Waals surface area contributed by atoms with Crippen molar-refractivity contribution < 1.29 is 24.5 Å². The summed E-state index contributed by atoms with van der Waals surface area (Å²) in [6.45, 7) is 0. The van der Waals surface area contributed by atoms with E-state index in [1.165, 1.54) is 26.4 Å². The average molecular weight is 226 g/mol. The Bertz CT molecular complexity index is 375. The molecular formula is C11H14O5. The number of hydrogen-bond acceptors (Lipinski definition) is 5. The van der Waals surface area contributed by atoms with E-state index in [0.29, 0.717) is 5.56 Å². The van der Waals surface area contributed by atoms with Gasteiger partial charge in [0.25, 0.3) is 0 Å². The van der Waals surface area contributed by atoms with Crippen LogP contribution in [0.4, 0.5) is 0 Å². The van der Waals surface area contributed by atoms with Gasteiger partial charge in [0.05, 0.1) is 19.6 Å². The largest absolute Gasteiger partial charge is 0.504 e. The molecule has 16 heavy (non-hydrogen) atoms. The van der Waals surface area contributed by atoms with Crippen molar-refractivity contribution in [1.29, 1.82) is 0 Å². The van der Waals surface area contributed by atoms with Crippen LogP contribution in [0.3, 0.4) is 0 Å². The highest BCUT2D eigenvalue weighted by Gasteiger charge is 2.17. The van der Waals surface area contributed by atoms with Crippen molar-refractivity contribution >= 4 is 5.97 Å². The molecule has 0 aromatic heterocycles. The lowest BCUT2D eigenvalue weighted by Gasteiger charge is -2.14. The molecule has 0 aliphatic heterocycles. The van der Waals surface area contributed by atoms with Crippen molar-refractivity contribution in [3.05, 3.63) is 23.8 Å². The predicted molar refractivity (Wildman–Crippen MR) is 56.2 cm³/mol. The highest BCUT2D eigenvalue weighted by Crippen LogP contribution is 2.30. The lowest BCUT2D eigenvalue weighted by molar-refractivity contribution is -0.143. The Morgan fingerprint density at radius 2 is 2.00 bits per heavy atom. The molecule has 0 aliphatic rings. The van der Waals surface area contributed by atoms with Crippen LogP contribution in [0.25, 0.3) is 0 Å². The van der Waals surface area contributed by atoms with E-state index in [-0.39, 0.29) is 17.9 Å². The molecule has 0 saturated carbocycles. The second kappa shape index (κ2) is 5.37. The molecule has 5 heteroatoms. The Morgan fingerprint density at radius 3 is 2.50 bits per heavy atom. The SMILES string of the molecule is COC(=O)C[C@H](OC)c1ccc(O)c(O)c1. The third-order valence-electron chi connectivity index (χ3n) is 2.24. The molecule has 0 fully saturated rings. The van der Waals surface area contributed by atoms with Gasteiger partial charge in [-0.3, -0.25) is 4.79 Å². The molecule has 88 valence electrons. The average Bonchev–Trinajstić information content (AvgIpc) is 2.29. The Kier molecular flexibility index (Phi) is 4.13. The highest BCUT2D eigenvalue weighted by atomic mass is 16.5. The van der Waals surface area contributed by atoms with Gasteiger partial charge in [-0.1, -0.05) is 6.07 Å². The van der Waals surface area contributed by atoms with Crippen molar-refractivity contribution in [3.63, 3.8) is 0 Å². The van der Waals surface area contributed by atoms with E-state index in [4.69, 9.17) is 9.84 Å². The molecule has 0 amide bonds. The number of carbonyl (C=O) groups is 1. The maximum absolute atomic E-state index is 11.1. The first-order valence-corrected chi connectivity index (χ1v) is 4.70. The summed E-state index contributed by atoms with van der Waals surface area (Å²) in [7, 11) is 2.75. The summed E-state index contributed by atoms with van der Waals surface area (Å²) in [5.41, 5.74) is 0.600. The topological polar surface area (TPSA) is 76.0 Å². The number of phenols is 2. The van der Waals surface area contributed by atoms with Gasteiger partial charge in [-0.15, -0.1) is 0 Å². The minimum atomic E-state index is -0.501. The molecule has 1 rings (SSSR count). The molecule has 0 aliphatic carbocycles. The molecule has 0 bridgehead atoms. The number of methoxy groups -OCH3 is 2. The van der Waals surface area contributed by atoms with Crippen LogP contribution in [-0.2, 0) is 14.3 Å². The first kappa shape index (κ1) is 12.3. The molecule has 0 saturated heterocycles. The van der Waals surface area contributed by atoms with Crippen LogP contribution in [0.15, 0.2) is 18.2 Å². The molecule has 0 heterocycles. The van der Waals surface area contributed by atoms with Crippen LogP contribution >= 0.6 is 0 Å². The van der Waals surface area contributed by atoms with Crippen molar-refractivity contribution in [1.82, 2.24) is 0 Å². The zero-order valence-corrected chi connectivity index (χ0v) is 9.14. The predicted octanol–water partition coefficient (Wildman–Crippen LogP) is 1.35. The lowest BCUT2D eigenvalue weighted by atomic mass is 10.1. The van der Waals surface area contributed by atoms with Crippen LogP contribution in [0.5, 0.6) is 11.5 Å². The Hall–Kier alpha value is -1.75. The van der Waals surface area contributed by atoms with Crippen molar-refractivity contribution in [2.75, 3.05) is 14.2 Å². The molecule has 5 nitrogen and oxygen atoms in total. The minimum Gasteiger partial charge on any atom is -0.504 e. The van der Waals surface area contributed by atoms with E-state index >= 15 is 0 Å². The van der Waals surface area contributed by atoms with Gasteiger partial charge in [0, 0.05) is 7.11 Å². The van der Waals surface area contributed by atoms with E-state index in [1.807, 2.05) is 0 Å². The van der Waals surface area contributed by atoms with Crippen molar-refractivity contribution in [3.8, 4) is 11.5 Å². The summed E-state index contributed by atoms with van der Waals surface area (Å²) >= 11 is 0. The number of aromatic hydroxyl groups is 2. The fraction of sp³-hybridized carbons (Fsp3) is 0.364. The maximum atomic E-state index is 11.1. The smallest absolute Gasteiger partial charge is 0.308 e. The van der Waals surface area contributed by atoms with Crippen molar-refractivity contribution in [2.24, 2.45) is 0 Å². The van der Waals surface area contributed by atoms with E-state index < -0.39 is 12.1 Å². The second-order valence-electron chi connectivity index (χ2n) is 3.25. The zero-order valence-electron chi connectivity index (χ0n) is 9.14. The zero-order chi connectivity index (χ0) is 12.1. The monoisotopic (exact) mass is 226 g/mol. The number of carbonyl (C=O) groups excluding carboxylic acids is 1. The fourth-order valence-electron chi connectivity index (χ4n) is 1.31. The molecule has 0 radical (unpaired) electrons. The summed E-state index contributed by atoms with van der Waals surface area (Å²) in [5.74, 6) is -0.861.